The van der Waals surface area contributed by atoms with Crippen LogP contribution in [0.1, 0.15) is 141 Å². The van der Waals surface area contributed by atoms with E-state index in [9.17, 15) is 14.7 Å². The maximum Gasteiger partial charge on any atom is 0.336 e. The Balaban J connectivity index is 1.54. The number of hydrogen-bond acceptors (Lipinski definition) is 5. The fraction of sp³-hybridized carbons (Fsp3) is 0.700. The van der Waals surface area contributed by atoms with Crippen LogP contribution in [-0.2, 0) is 31.9 Å². The molecule has 1 aromatic rings. The number of carbonyl (C=O) groups excluding carboxylic acids is 2. The summed E-state index contributed by atoms with van der Waals surface area (Å²) < 4.78 is 10.9. The van der Waals surface area contributed by atoms with Crippen molar-refractivity contribution in [2.45, 2.75) is 142 Å². The summed E-state index contributed by atoms with van der Waals surface area (Å²) in [5.41, 5.74) is 3.21. The topological polar surface area (TPSA) is 72.8 Å². The van der Waals surface area contributed by atoms with E-state index in [-0.39, 0.29) is 24.7 Å². The van der Waals surface area contributed by atoms with Crippen molar-refractivity contribution in [3.05, 3.63) is 59.2 Å². The highest BCUT2D eigenvalue weighted by molar-refractivity contribution is 5.89. The van der Waals surface area contributed by atoms with Crippen LogP contribution >= 0.6 is 0 Å². The van der Waals surface area contributed by atoms with Gasteiger partial charge in [0.25, 0.3) is 0 Å². The van der Waals surface area contributed by atoms with Crippen LogP contribution in [0.3, 0.4) is 0 Å². The van der Waals surface area contributed by atoms with Gasteiger partial charge in [-0.3, -0.25) is 0 Å². The molecule has 2 aliphatic carbocycles. The van der Waals surface area contributed by atoms with E-state index in [0.29, 0.717) is 17.9 Å². The molecule has 45 heavy (non-hydrogen) atoms. The van der Waals surface area contributed by atoms with Gasteiger partial charge in [0.05, 0.1) is 24.4 Å². The van der Waals surface area contributed by atoms with Gasteiger partial charge in [-0.05, 0) is 119 Å². The Morgan fingerprint density at radius 3 is 2.07 bits per heavy atom. The smallest absolute Gasteiger partial charge is 0.336 e. The first-order valence-electron chi connectivity index (χ1n) is 18.0. The molecule has 5 nitrogen and oxygen atoms in total. The Morgan fingerprint density at radius 2 is 1.51 bits per heavy atom. The summed E-state index contributed by atoms with van der Waals surface area (Å²) in [4.78, 5) is 24.5. The third-order valence-electron chi connectivity index (χ3n) is 10.6. The van der Waals surface area contributed by atoms with E-state index in [1.165, 1.54) is 108 Å². The number of aryl methyl sites for hydroxylation is 2. The second kappa shape index (κ2) is 18.1. The molecule has 0 radical (unpaired) electrons. The maximum absolute atomic E-state index is 12.4. The lowest BCUT2D eigenvalue weighted by molar-refractivity contribution is -0.145. The molecule has 1 aromatic carbocycles. The van der Waals surface area contributed by atoms with Crippen LogP contribution in [0, 0.1) is 23.7 Å². The Labute approximate surface area is 274 Å². The highest BCUT2D eigenvalue weighted by atomic mass is 16.5. The van der Waals surface area contributed by atoms with Crippen LogP contribution in [-0.4, -0.2) is 35.9 Å². The van der Waals surface area contributed by atoms with Crippen molar-refractivity contribution in [1.82, 2.24) is 0 Å². The van der Waals surface area contributed by atoms with Crippen molar-refractivity contribution in [2.24, 2.45) is 23.7 Å². The zero-order valence-electron chi connectivity index (χ0n) is 29.1. The molecule has 2 saturated carbocycles. The maximum atomic E-state index is 12.4. The zero-order chi connectivity index (χ0) is 33.0. The lowest BCUT2D eigenvalue weighted by atomic mass is 9.67. The number of unbranched alkanes of at least 4 members (excludes halogenated alkanes) is 2. The summed E-state index contributed by atoms with van der Waals surface area (Å²) in [7, 11) is 0. The van der Waals surface area contributed by atoms with E-state index < -0.39 is 17.5 Å². The second-order valence-electron chi connectivity index (χ2n) is 14.7. The van der Waals surface area contributed by atoms with Gasteiger partial charge in [-0.1, -0.05) is 83.7 Å². The number of carbonyl (C=O) groups is 2. The van der Waals surface area contributed by atoms with Crippen molar-refractivity contribution < 1.29 is 24.2 Å². The van der Waals surface area contributed by atoms with Crippen LogP contribution < -0.4 is 0 Å². The van der Waals surface area contributed by atoms with Crippen molar-refractivity contribution in [3.8, 4) is 0 Å². The minimum absolute atomic E-state index is 0.00238. The van der Waals surface area contributed by atoms with E-state index in [1.54, 1.807) is 6.92 Å². The molecule has 3 rings (SSSR count). The number of benzene rings is 1. The largest absolute Gasteiger partial charge is 0.462 e. The first kappa shape index (κ1) is 37.1. The first-order valence-corrected chi connectivity index (χ1v) is 18.0. The highest BCUT2D eigenvalue weighted by Gasteiger charge is 2.32. The number of rotatable bonds is 17. The fourth-order valence-corrected chi connectivity index (χ4v) is 7.48. The van der Waals surface area contributed by atoms with Crippen molar-refractivity contribution in [3.63, 3.8) is 0 Å². The quantitative estimate of drug-likeness (QED) is 0.106. The van der Waals surface area contributed by atoms with E-state index in [4.69, 9.17) is 9.47 Å². The summed E-state index contributed by atoms with van der Waals surface area (Å²) in [6.45, 7) is 16.7. The Hall–Kier alpha value is -2.40. The monoisotopic (exact) mass is 622 g/mol. The van der Waals surface area contributed by atoms with Gasteiger partial charge >= 0.3 is 11.9 Å². The molecule has 0 heterocycles. The third-order valence-corrected chi connectivity index (χ3v) is 10.6. The number of aliphatic hydroxyl groups is 1. The van der Waals surface area contributed by atoms with Crippen LogP contribution in [0.5, 0.6) is 0 Å². The van der Waals surface area contributed by atoms with Gasteiger partial charge in [-0.2, -0.15) is 0 Å². The predicted molar refractivity (Wildman–Crippen MR) is 184 cm³/mol. The van der Waals surface area contributed by atoms with Crippen LogP contribution in [0.4, 0.5) is 0 Å². The van der Waals surface area contributed by atoms with Crippen molar-refractivity contribution >= 4 is 11.9 Å². The van der Waals surface area contributed by atoms with Crippen molar-refractivity contribution in [2.75, 3.05) is 13.2 Å². The summed E-state index contributed by atoms with van der Waals surface area (Å²) in [6, 6.07) is 6.99. The molecule has 0 aromatic heterocycles. The molecule has 1 N–H and O–H groups in total. The van der Waals surface area contributed by atoms with Gasteiger partial charge < -0.3 is 14.6 Å². The average molecular weight is 623 g/mol. The minimum Gasteiger partial charge on any atom is -0.462 e. The van der Waals surface area contributed by atoms with Gasteiger partial charge in [-0.25, -0.2) is 9.59 Å². The minimum atomic E-state index is -1.36. The third kappa shape index (κ3) is 11.7. The summed E-state index contributed by atoms with van der Waals surface area (Å²) >= 11 is 0. The summed E-state index contributed by atoms with van der Waals surface area (Å²) in [6.07, 6.45) is 19.3. The van der Waals surface area contributed by atoms with E-state index in [1.807, 2.05) is 0 Å². The molecule has 0 amide bonds. The van der Waals surface area contributed by atoms with Gasteiger partial charge in [0.15, 0.2) is 0 Å². The van der Waals surface area contributed by atoms with E-state index in [0.717, 1.165) is 30.6 Å². The molecule has 1 unspecified atom stereocenters. The number of hydrogen-bond donors (Lipinski definition) is 1. The summed E-state index contributed by atoms with van der Waals surface area (Å²) in [5.74, 6) is 2.26. The molecule has 252 valence electrons. The first-order chi connectivity index (χ1) is 21.4. The Bertz CT molecular complexity index is 1110. The van der Waals surface area contributed by atoms with Gasteiger partial charge in [0.1, 0.15) is 0 Å². The molecule has 2 aliphatic rings. The molecule has 1 atom stereocenters. The van der Waals surface area contributed by atoms with Crippen LogP contribution in [0.15, 0.2) is 42.5 Å². The molecule has 5 heteroatoms. The molecule has 0 saturated heterocycles. The number of ether oxygens (including phenoxy) is 2. The molecular formula is C40H62O5. The molecule has 0 aliphatic heterocycles. The highest BCUT2D eigenvalue weighted by Crippen LogP contribution is 2.45. The molecule has 2 fully saturated rings. The molecule has 0 bridgehead atoms. The molecular weight excluding hydrogens is 560 g/mol. The summed E-state index contributed by atoms with van der Waals surface area (Å²) in [5, 5.41) is 10.1. The van der Waals surface area contributed by atoms with Gasteiger partial charge in [-0.15, -0.1) is 0 Å². The van der Waals surface area contributed by atoms with E-state index >= 15 is 0 Å². The zero-order valence-corrected chi connectivity index (χ0v) is 29.1. The Morgan fingerprint density at radius 1 is 0.911 bits per heavy atom. The second-order valence-corrected chi connectivity index (χ2v) is 14.7. The predicted octanol–water partition coefficient (Wildman–Crippen LogP) is 9.45. The average Bonchev–Trinajstić information content (AvgIpc) is 3.03. The Kier molecular flexibility index (Phi) is 14.9. The lowest BCUT2D eigenvalue weighted by Crippen LogP contribution is -2.30. The lowest BCUT2D eigenvalue weighted by Gasteiger charge is -2.38. The fourth-order valence-electron chi connectivity index (χ4n) is 7.48. The normalized spacial score (nSPS) is 22.8. The van der Waals surface area contributed by atoms with E-state index in [2.05, 4.69) is 45.2 Å². The number of esters is 2. The van der Waals surface area contributed by atoms with Gasteiger partial charge in [0, 0.05) is 11.5 Å². The van der Waals surface area contributed by atoms with Crippen LogP contribution in [0.25, 0.3) is 0 Å². The standard InChI is InChI=1S/C40H62O5/c1-8-10-11-12-30-15-18-34(19-16-30)35-20-22-36(23-21-35)37-24-17-31(25-33(37)9-2)13-14-32(26-44-38(41)28(3)4)27-45-39(42)29(5)40(6,7)43/h17,24-25,30,32,34-36,43H,3,5,8-16,18-23,26-27H2,1-2,4,6-7H3. The van der Waals surface area contributed by atoms with Gasteiger partial charge in [0.2, 0.25) is 0 Å². The van der Waals surface area contributed by atoms with Crippen molar-refractivity contribution in [1.29, 1.82) is 0 Å². The van der Waals surface area contributed by atoms with Crippen LogP contribution in [0.2, 0.25) is 0 Å². The molecule has 0 spiro atoms. The SMILES string of the molecule is C=C(C)C(=O)OCC(CCc1ccc(C2CCC(C3CCC(CCCCC)CC3)CC2)c(CC)c1)COC(=O)C(=C)C(C)(C)O.